The van der Waals surface area contributed by atoms with Gasteiger partial charge in [0.05, 0.1) is 21.2 Å². The highest BCUT2D eigenvalue weighted by molar-refractivity contribution is 6.32. The van der Waals surface area contributed by atoms with Gasteiger partial charge >= 0.3 is 6.11 Å². The van der Waals surface area contributed by atoms with Crippen molar-refractivity contribution in [1.29, 1.82) is 0 Å². The normalized spacial score (nSPS) is 11.6. The molecule has 0 heterocycles. The first-order valence-electron chi connectivity index (χ1n) is 13.8. The second-order valence-corrected chi connectivity index (χ2v) is 11.1. The third-order valence-corrected chi connectivity index (χ3v) is 7.79. The van der Waals surface area contributed by atoms with E-state index in [4.69, 9.17) is 23.2 Å². The van der Waals surface area contributed by atoms with E-state index in [2.05, 4.69) is 11.7 Å². The Balaban J connectivity index is 1.39. The minimum absolute atomic E-state index is 0.148. The lowest BCUT2D eigenvalue weighted by Gasteiger charge is -2.20. The van der Waals surface area contributed by atoms with Crippen LogP contribution in [0.4, 0.5) is 30.7 Å². The Morgan fingerprint density at radius 2 is 1.22 bits per heavy atom. The maximum absolute atomic E-state index is 15.1. The number of benzene rings is 5. The number of hydrogen-bond donors (Lipinski definition) is 0. The summed E-state index contributed by atoms with van der Waals surface area (Å²) in [7, 11) is 0. The molecule has 0 spiro atoms. The average Bonchev–Trinajstić information content (AvgIpc) is 2.99. The molecule has 0 aliphatic heterocycles. The summed E-state index contributed by atoms with van der Waals surface area (Å²) in [5, 5.41) is -0.673. The number of hydrogen-bond acceptors (Lipinski definition) is 1. The van der Waals surface area contributed by atoms with E-state index >= 15 is 17.6 Å². The van der Waals surface area contributed by atoms with Crippen molar-refractivity contribution in [3.05, 3.63) is 135 Å². The monoisotopic (exact) mass is 662 g/mol. The van der Waals surface area contributed by atoms with Gasteiger partial charge in [-0.3, -0.25) is 0 Å². The summed E-state index contributed by atoms with van der Waals surface area (Å²) in [6, 6.07) is 16.4. The van der Waals surface area contributed by atoms with Crippen molar-refractivity contribution in [2.24, 2.45) is 0 Å². The number of ether oxygens (including phenoxy) is 1. The zero-order valence-corrected chi connectivity index (χ0v) is 25.0. The van der Waals surface area contributed by atoms with Crippen molar-refractivity contribution < 1.29 is 35.5 Å². The Morgan fingerprint density at radius 3 is 1.82 bits per heavy atom. The Bertz CT molecular complexity index is 1830. The van der Waals surface area contributed by atoms with Crippen molar-refractivity contribution in [1.82, 2.24) is 0 Å². The van der Waals surface area contributed by atoms with Gasteiger partial charge in [-0.1, -0.05) is 72.9 Å². The summed E-state index contributed by atoms with van der Waals surface area (Å²) < 4.78 is 109. The molecule has 0 radical (unpaired) electrons. The summed E-state index contributed by atoms with van der Waals surface area (Å²) in [5.74, 6) is -6.55. The molecule has 45 heavy (non-hydrogen) atoms. The van der Waals surface area contributed by atoms with Crippen molar-refractivity contribution in [3.63, 3.8) is 0 Å². The molecule has 5 aromatic rings. The molecule has 1 nitrogen and oxygen atoms in total. The van der Waals surface area contributed by atoms with E-state index in [0.717, 1.165) is 67.3 Å². The van der Waals surface area contributed by atoms with Gasteiger partial charge in [0.15, 0.2) is 11.6 Å². The molecular weight excluding hydrogens is 640 g/mol. The molecule has 5 rings (SSSR count). The van der Waals surface area contributed by atoms with E-state index in [1.165, 1.54) is 12.1 Å². The molecule has 0 N–H and O–H groups in total. The van der Waals surface area contributed by atoms with Gasteiger partial charge in [0, 0.05) is 5.56 Å². The van der Waals surface area contributed by atoms with Crippen LogP contribution in [-0.2, 0) is 12.5 Å². The maximum Gasteiger partial charge on any atom is 0.426 e. The van der Waals surface area contributed by atoms with Crippen LogP contribution >= 0.6 is 23.2 Å². The molecule has 0 amide bonds. The summed E-state index contributed by atoms with van der Waals surface area (Å²) >= 11 is 11.8. The van der Waals surface area contributed by atoms with Crippen LogP contribution in [0.15, 0.2) is 84.9 Å². The van der Waals surface area contributed by atoms with Crippen LogP contribution in [-0.4, -0.2) is 0 Å². The second kappa shape index (κ2) is 13.2. The highest BCUT2D eigenvalue weighted by Crippen LogP contribution is 2.41. The number of aryl methyl sites for hydroxylation is 1. The third-order valence-electron chi connectivity index (χ3n) is 7.20. The fourth-order valence-corrected chi connectivity index (χ4v) is 5.21. The summed E-state index contributed by atoms with van der Waals surface area (Å²) in [6.07, 6.45) is -1.30. The zero-order chi connectivity index (χ0) is 32.5. The standard InChI is InChI=1S/C35H23Cl2F7O/c1-2-3-4-19-5-7-20(8-6-19)22-13-27(37)34(32(42)15-22)45-35(43,44)24-10-11-25(28(38)18-24)23-16-30(40)33(31(41)17-23)21-9-12-26(36)29(39)14-21/h5-18H,2-4H2,1H3. The third kappa shape index (κ3) is 6.97. The fraction of sp³-hybridized carbons (Fsp3) is 0.143. The van der Waals surface area contributed by atoms with Crippen LogP contribution in [0.1, 0.15) is 30.9 Å². The highest BCUT2D eigenvalue weighted by atomic mass is 35.5. The predicted molar refractivity (Wildman–Crippen MR) is 162 cm³/mol. The van der Waals surface area contributed by atoms with Crippen LogP contribution in [0.3, 0.4) is 0 Å². The maximum atomic E-state index is 15.1. The van der Waals surface area contributed by atoms with Crippen LogP contribution in [0.25, 0.3) is 33.4 Å². The minimum atomic E-state index is -4.24. The molecule has 232 valence electrons. The molecule has 10 heteroatoms. The van der Waals surface area contributed by atoms with Crippen molar-refractivity contribution in [2.75, 3.05) is 0 Å². The first kappa shape index (κ1) is 32.4. The largest absolute Gasteiger partial charge is 0.426 e. The number of halogens is 9. The van der Waals surface area contributed by atoms with E-state index < -0.39 is 62.7 Å². The van der Waals surface area contributed by atoms with Gasteiger partial charge in [0.25, 0.3) is 0 Å². The van der Waals surface area contributed by atoms with Gasteiger partial charge in [-0.25, -0.2) is 22.0 Å². The Morgan fingerprint density at radius 1 is 0.600 bits per heavy atom. The van der Waals surface area contributed by atoms with E-state index in [0.29, 0.717) is 17.2 Å². The Kier molecular flexibility index (Phi) is 9.46. The van der Waals surface area contributed by atoms with Crippen LogP contribution in [0, 0.1) is 29.1 Å². The quantitative estimate of drug-likeness (QED) is 0.143. The minimum Gasteiger partial charge on any atom is -0.424 e. The Labute approximate surface area is 264 Å². The van der Waals surface area contributed by atoms with Gasteiger partial charge in [-0.05, 0) is 89.2 Å². The number of unbranched alkanes of at least 4 members (excludes halogenated alkanes) is 1. The second-order valence-electron chi connectivity index (χ2n) is 10.3. The lowest BCUT2D eigenvalue weighted by Crippen LogP contribution is -2.23. The molecule has 0 saturated carbocycles. The van der Waals surface area contributed by atoms with Crippen LogP contribution < -0.4 is 4.74 Å². The first-order chi connectivity index (χ1) is 21.4. The molecule has 0 aliphatic carbocycles. The lowest BCUT2D eigenvalue weighted by molar-refractivity contribution is -0.187. The first-order valence-corrected chi connectivity index (χ1v) is 14.5. The van der Waals surface area contributed by atoms with Gasteiger partial charge in [-0.15, -0.1) is 0 Å². The van der Waals surface area contributed by atoms with E-state index in [1.54, 1.807) is 12.1 Å². The van der Waals surface area contributed by atoms with E-state index in [-0.39, 0.29) is 16.1 Å². The molecule has 0 saturated heterocycles. The van der Waals surface area contributed by atoms with Crippen molar-refractivity contribution in [3.8, 4) is 39.1 Å². The molecule has 0 aliphatic rings. The predicted octanol–water partition coefficient (Wildman–Crippen LogP) is 12.2. The van der Waals surface area contributed by atoms with Gasteiger partial charge in [0.2, 0.25) is 0 Å². The highest BCUT2D eigenvalue weighted by Gasteiger charge is 2.37. The molecule has 5 aromatic carbocycles. The topological polar surface area (TPSA) is 9.23 Å². The molecule has 0 atom stereocenters. The smallest absolute Gasteiger partial charge is 0.424 e. The molecule has 0 bridgehead atoms. The zero-order valence-electron chi connectivity index (χ0n) is 23.5. The molecule has 0 aromatic heterocycles. The molecule has 0 unspecified atom stereocenters. The van der Waals surface area contributed by atoms with Crippen LogP contribution in [0.2, 0.25) is 10.0 Å². The van der Waals surface area contributed by atoms with Gasteiger partial charge in [-0.2, -0.15) is 8.78 Å². The van der Waals surface area contributed by atoms with Crippen molar-refractivity contribution in [2.45, 2.75) is 32.3 Å². The van der Waals surface area contributed by atoms with Gasteiger partial charge < -0.3 is 4.74 Å². The fourth-order valence-electron chi connectivity index (χ4n) is 4.84. The summed E-state index contributed by atoms with van der Waals surface area (Å²) in [4.78, 5) is 0. The summed E-state index contributed by atoms with van der Waals surface area (Å²) in [6.45, 7) is 2.08. The number of rotatable bonds is 9. The summed E-state index contributed by atoms with van der Waals surface area (Å²) in [5.41, 5.74) is -0.377. The lowest BCUT2D eigenvalue weighted by atomic mass is 9.97. The van der Waals surface area contributed by atoms with E-state index in [9.17, 15) is 13.2 Å². The molecule has 0 fully saturated rings. The van der Waals surface area contributed by atoms with Gasteiger partial charge in [0.1, 0.15) is 23.3 Å². The molecular formula is C35H23Cl2F7O. The Hall–Kier alpha value is -4.01. The van der Waals surface area contributed by atoms with E-state index in [1.807, 2.05) is 12.1 Å². The van der Waals surface area contributed by atoms with Crippen LogP contribution in [0.5, 0.6) is 5.75 Å². The average molecular weight is 663 g/mol. The SMILES string of the molecule is CCCCc1ccc(-c2cc(F)c(OC(F)(F)c3ccc(-c4cc(F)c(-c5ccc(Cl)c(F)c5)c(F)c4)c(F)c3)c(Cl)c2)cc1. The van der Waals surface area contributed by atoms with Crippen molar-refractivity contribution >= 4 is 23.2 Å². The number of alkyl halides is 2.